The van der Waals surface area contributed by atoms with E-state index in [1.807, 2.05) is 26.0 Å². The molecule has 1 atom stereocenters. The minimum atomic E-state index is -0.378. The molecular weight excluding hydrogens is 226 g/mol. The molecule has 3 N–H and O–H groups in total. The molecule has 0 saturated heterocycles. The first kappa shape index (κ1) is 14.6. The van der Waals surface area contributed by atoms with Crippen LogP contribution in [-0.4, -0.2) is 23.0 Å². The maximum atomic E-state index is 12.1. The van der Waals surface area contributed by atoms with E-state index in [4.69, 9.17) is 5.73 Å². The van der Waals surface area contributed by atoms with Gasteiger partial charge < -0.3 is 11.1 Å². The van der Waals surface area contributed by atoms with Crippen molar-refractivity contribution in [1.82, 2.24) is 10.3 Å². The minimum Gasteiger partial charge on any atom is -0.344 e. The molecule has 0 spiro atoms. The summed E-state index contributed by atoms with van der Waals surface area (Å²) in [5.74, 6) is 0.316. The number of hydrogen-bond donors (Lipinski definition) is 2. The fourth-order valence-electron chi connectivity index (χ4n) is 2.09. The third kappa shape index (κ3) is 4.11. The zero-order valence-electron chi connectivity index (χ0n) is 11.7. The predicted octanol–water partition coefficient (Wildman–Crippen LogP) is 1.88. The molecule has 0 aliphatic carbocycles. The van der Waals surface area contributed by atoms with E-state index >= 15 is 0 Å². The Kier molecular flexibility index (Phi) is 4.84. The SMILES string of the molecule is Cc1cccc(C(=O)NC(C)(CN)CC(C)C)n1. The average molecular weight is 249 g/mol. The Hall–Kier alpha value is -1.42. The van der Waals surface area contributed by atoms with Crippen molar-refractivity contribution in [2.24, 2.45) is 11.7 Å². The number of nitrogens with two attached hydrogens (primary N) is 1. The molecule has 4 nitrogen and oxygen atoms in total. The number of aryl methyl sites for hydroxylation is 1. The molecule has 18 heavy (non-hydrogen) atoms. The molecule has 1 rings (SSSR count). The topological polar surface area (TPSA) is 68.0 Å². The van der Waals surface area contributed by atoms with Gasteiger partial charge in [-0.1, -0.05) is 19.9 Å². The van der Waals surface area contributed by atoms with E-state index in [-0.39, 0.29) is 11.4 Å². The molecule has 0 aliphatic heterocycles. The maximum absolute atomic E-state index is 12.1. The molecule has 0 radical (unpaired) electrons. The molecule has 1 heterocycles. The lowest BCUT2D eigenvalue weighted by atomic mass is 9.90. The highest BCUT2D eigenvalue weighted by Crippen LogP contribution is 2.15. The summed E-state index contributed by atoms with van der Waals surface area (Å²) in [4.78, 5) is 16.3. The Morgan fingerprint density at radius 2 is 2.17 bits per heavy atom. The van der Waals surface area contributed by atoms with Crippen LogP contribution in [0.2, 0.25) is 0 Å². The Bertz CT molecular complexity index is 417. The molecule has 0 bridgehead atoms. The number of carbonyl (C=O) groups excluding carboxylic acids is 1. The third-order valence-electron chi connectivity index (χ3n) is 2.85. The van der Waals surface area contributed by atoms with Crippen molar-refractivity contribution in [3.8, 4) is 0 Å². The van der Waals surface area contributed by atoms with Gasteiger partial charge in [-0.2, -0.15) is 0 Å². The first-order valence-electron chi connectivity index (χ1n) is 6.32. The first-order valence-corrected chi connectivity index (χ1v) is 6.32. The number of amides is 1. The second-order valence-corrected chi connectivity index (χ2v) is 5.48. The van der Waals surface area contributed by atoms with Crippen molar-refractivity contribution in [2.45, 2.75) is 39.7 Å². The second-order valence-electron chi connectivity index (χ2n) is 5.48. The summed E-state index contributed by atoms with van der Waals surface area (Å²) >= 11 is 0. The summed E-state index contributed by atoms with van der Waals surface area (Å²) < 4.78 is 0. The largest absolute Gasteiger partial charge is 0.344 e. The number of aromatic nitrogens is 1. The number of nitrogens with one attached hydrogen (secondary N) is 1. The summed E-state index contributed by atoms with van der Waals surface area (Å²) in [6.45, 7) is 8.49. The molecule has 4 heteroatoms. The first-order chi connectivity index (χ1) is 8.36. The van der Waals surface area contributed by atoms with Crippen LogP contribution in [0, 0.1) is 12.8 Å². The normalized spacial score (nSPS) is 14.3. The highest BCUT2D eigenvalue weighted by molar-refractivity contribution is 5.92. The highest BCUT2D eigenvalue weighted by atomic mass is 16.2. The lowest BCUT2D eigenvalue weighted by Gasteiger charge is -2.31. The maximum Gasteiger partial charge on any atom is 0.270 e. The fraction of sp³-hybridized carbons (Fsp3) is 0.571. The van der Waals surface area contributed by atoms with Crippen molar-refractivity contribution in [3.63, 3.8) is 0 Å². The van der Waals surface area contributed by atoms with Gasteiger partial charge in [0.15, 0.2) is 0 Å². The zero-order chi connectivity index (χ0) is 13.8. The van der Waals surface area contributed by atoms with Crippen molar-refractivity contribution in [1.29, 1.82) is 0 Å². The van der Waals surface area contributed by atoms with Gasteiger partial charge in [0.1, 0.15) is 5.69 Å². The Labute approximate surface area is 109 Å². The molecule has 1 amide bonds. The number of hydrogen-bond acceptors (Lipinski definition) is 3. The van der Waals surface area contributed by atoms with E-state index in [1.54, 1.807) is 6.07 Å². The Morgan fingerprint density at radius 1 is 1.50 bits per heavy atom. The standard InChI is InChI=1S/C14H23N3O/c1-10(2)8-14(4,9-15)17-13(18)12-7-5-6-11(3)16-12/h5-7,10H,8-9,15H2,1-4H3,(H,17,18). The van der Waals surface area contributed by atoms with Crippen LogP contribution in [0.15, 0.2) is 18.2 Å². The van der Waals surface area contributed by atoms with Gasteiger partial charge in [-0.3, -0.25) is 4.79 Å². The smallest absolute Gasteiger partial charge is 0.270 e. The van der Waals surface area contributed by atoms with Crippen LogP contribution in [0.25, 0.3) is 0 Å². The molecule has 1 aromatic rings. The lowest BCUT2D eigenvalue weighted by Crippen LogP contribution is -2.52. The molecule has 0 saturated carbocycles. The van der Waals surface area contributed by atoms with Gasteiger partial charge in [-0.05, 0) is 38.3 Å². The van der Waals surface area contributed by atoms with Crippen LogP contribution in [0.3, 0.4) is 0 Å². The van der Waals surface area contributed by atoms with Crippen LogP contribution in [0.4, 0.5) is 0 Å². The summed E-state index contributed by atoms with van der Waals surface area (Å²) in [6.07, 6.45) is 0.848. The van der Waals surface area contributed by atoms with Crippen LogP contribution < -0.4 is 11.1 Å². The van der Waals surface area contributed by atoms with Crippen molar-refractivity contribution in [3.05, 3.63) is 29.6 Å². The number of carbonyl (C=O) groups is 1. The van der Waals surface area contributed by atoms with Crippen LogP contribution in [-0.2, 0) is 0 Å². The molecule has 100 valence electrons. The van der Waals surface area contributed by atoms with E-state index < -0.39 is 0 Å². The molecule has 1 aromatic heterocycles. The highest BCUT2D eigenvalue weighted by Gasteiger charge is 2.26. The molecule has 0 aromatic carbocycles. The number of rotatable bonds is 5. The van der Waals surface area contributed by atoms with Crippen molar-refractivity contribution in [2.75, 3.05) is 6.54 Å². The monoisotopic (exact) mass is 249 g/mol. The van der Waals surface area contributed by atoms with Gasteiger partial charge in [0, 0.05) is 12.2 Å². The molecular formula is C14H23N3O. The van der Waals surface area contributed by atoms with Gasteiger partial charge in [0.05, 0.1) is 5.54 Å². The van der Waals surface area contributed by atoms with E-state index in [0.29, 0.717) is 18.2 Å². The summed E-state index contributed by atoms with van der Waals surface area (Å²) in [5.41, 5.74) is 6.68. The van der Waals surface area contributed by atoms with Crippen LogP contribution in [0.1, 0.15) is 43.4 Å². The quantitative estimate of drug-likeness (QED) is 0.837. The summed E-state index contributed by atoms with van der Waals surface area (Å²) in [6, 6.07) is 5.42. The number of nitrogens with zero attached hydrogens (tertiary/aromatic N) is 1. The van der Waals surface area contributed by atoms with Gasteiger partial charge in [-0.15, -0.1) is 0 Å². The van der Waals surface area contributed by atoms with Crippen LogP contribution >= 0.6 is 0 Å². The van der Waals surface area contributed by atoms with Gasteiger partial charge >= 0.3 is 0 Å². The Balaban J connectivity index is 2.79. The van der Waals surface area contributed by atoms with Crippen LogP contribution in [0.5, 0.6) is 0 Å². The Morgan fingerprint density at radius 3 is 2.67 bits per heavy atom. The average Bonchev–Trinajstić information content (AvgIpc) is 2.27. The van der Waals surface area contributed by atoms with E-state index in [2.05, 4.69) is 24.1 Å². The minimum absolute atomic E-state index is 0.160. The fourth-order valence-corrected chi connectivity index (χ4v) is 2.09. The van der Waals surface area contributed by atoms with Gasteiger partial charge in [0.25, 0.3) is 5.91 Å². The van der Waals surface area contributed by atoms with E-state index in [9.17, 15) is 4.79 Å². The number of pyridine rings is 1. The van der Waals surface area contributed by atoms with E-state index in [1.165, 1.54) is 0 Å². The summed E-state index contributed by atoms with van der Waals surface area (Å²) in [5, 5.41) is 2.99. The van der Waals surface area contributed by atoms with Crippen molar-refractivity contribution >= 4 is 5.91 Å². The zero-order valence-corrected chi connectivity index (χ0v) is 11.7. The molecule has 0 fully saturated rings. The molecule has 1 unspecified atom stereocenters. The van der Waals surface area contributed by atoms with Gasteiger partial charge in [-0.25, -0.2) is 4.98 Å². The van der Waals surface area contributed by atoms with Crippen molar-refractivity contribution < 1.29 is 4.79 Å². The van der Waals surface area contributed by atoms with Gasteiger partial charge in [0.2, 0.25) is 0 Å². The lowest BCUT2D eigenvalue weighted by molar-refractivity contribution is 0.0893. The van der Waals surface area contributed by atoms with E-state index in [0.717, 1.165) is 12.1 Å². The third-order valence-corrected chi connectivity index (χ3v) is 2.85. The second kappa shape index (κ2) is 5.96. The molecule has 0 aliphatic rings. The predicted molar refractivity (Wildman–Crippen MR) is 73.4 cm³/mol. The summed E-state index contributed by atoms with van der Waals surface area (Å²) in [7, 11) is 0.